The molecule has 0 saturated carbocycles. The topological polar surface area (TPSA) is 23.6 Å². The molecule has 2 unspecified atom stereocenters. The molecule has 4 fully saturated rings. The van der Waals surface area contributed by atoms with Crippen molar-refractivity contribution in [2.45, 2.75) is 46.2 Å². The summed E-state index contributed by atoms with van der Waals surface area (Å²) in [6.45, 7) is 10.4. The normalized spacial score (nSPS) is 41.5. The average Bonchev–Trinajstić information content (AvgIpc) is 2.51. The first-order chi connectivity index (χ1) is 11.0. The Hall–Kier alpha value is -1.19. The summed E-state index contributed by atoms with van der Waals surface area (Å²) in [5.41, 5.74) is 2.51. The number of hydrogen-bond donors (Lipinski definition) is 0. The molecule has 4 heterocycles. The third kappa shape index (κ3) is 2.13. The second kappa shape index (κ2) is 5.15. The maximum absolute atomic E-state index is 13.2. The molecule has 0 aliphatic carbocycles. The molecule has 0 radical (unpaired) electrons. The van der Waals surface area contributed by atoms with Gasteiger partial charge in [-0.2, -0.15) is 0 Å². The van der Waals surface area contributed by atoms with Crippen LogP contribution in [0.4, 0.5) is 0 Å². The Morgan fingerprint density at radius 1 is 1.13 bits per heavy atom. The molecule has 1 aromatic rings. The van der Waals surface area contributed by atoms with Gasteiger partial charge in [-0.05, 0) is 24.5 Å². The Labute approximate surface area is 139 Å². The number of piperidine rings is 2. The monoisotopic (exact) mass is 312 g/mol. The van der Waals surface area contributed by atoms with Crippen LogP contribution in [0.25, 0.3) is 0 Å². The van der Waals surface area contributed by atoms with E-state index in [0.29, 0.717) is 11.9 Å². The summed E-state index contributed by atoms with van der Waals surface area (Å²) in [4.78, 5) is 18.4. The molecular formula is C20H28N2O. The number of hydrogen-bond acceptors (Lipinski definition) is 3. The zero-order valence-electron chi connectivity index (χ0n) is 14.6. The van der Waals surface area contributed by atoms with Gasteiger partial charge in [-0.3, -0.25) is 14.6 Å². The van der Waals surface area contributed by atoms with Crippen molar-refractivity contribution in [2.75, 3.05) is 26.2 Å². The van der Waals surface area contributed by atoms with Crippen LogP contribution in [0.5, 0.6) is 0 Å². The molecular weight excluding hydrogens is 284 g/mol. The lowest BCUT2D eigenvalue weighted by Crippen LogP contribution is -2.76. The second-order valence-electron chi connectivity index (χ2n) is 8.31. The van der Waals surface area contributed by atoms with Crippen molar-refractivity contribution in [3.63, 3.8) is 0 Å². The first-order valence-corrected chi connectivity index (χ1v) is 9.08. The molecule has 3 nitrogen and oxygen atoms in total. The van der Waals surface area contributed by atoms with E-state index in [9.17, 15) is 4.79 Å². The number of carbonyl (C=O) groups is 1. The van der Waals surface area contributed by atoms with Crippen molar-refractivity contribution in [1.82, 2.24) is 9.80 Å². The van der Waals surface area contributed by atoms with Crippen LogP contribution in [0.2, 0.25) is 0 Å². The van der Waals surface area contributed by atoms with Gasteiger partial charge in [0.15, 0.2) is 0 Å². The molecule has 0 N–H and O–H groups in total. The van der Waals surface area contributed by atoms with E-state index in [-0.39, 0.29) is 10.8 Å². The third-order valence-corrected chi connectivity index (χ3v) is 6.31. The van der Waals surface area contributed by atoms with E-state index < -0.39 is 0 Å². The van der Waals surface area contributed by atoms with E-state index in [2.05, 4.69) is 54.8 Å². The fourth-order valence-electron chi connectivity index (χ4n) is 5.45. The Morgan fingerprint density at radius 3 is 2.39 bits per heavy atom. The van der Waals surface area contributed by atoms with E-state index in [1.165, 1.54) is 24.0 Å². The minimum atomic E-state index is -0.163. The van der Waals surface area contributed by atoms with Crippen LogP contribution in [0, 0.1) is 17.8 Å². The van der Waals surface area contributed by atoms with Gasteiger partial charge < -0.3 is 0 Å². The second-order valence-corrected chi connectivity index (χ2v) is 8.31. The van der Waals surface area contributed by atoms with Crippen LogP contribution in [0.15, 0.2) is 24.3 Å². The van der Waals surface area contributed by atoms with Crippen molar-refractivity contribution in [3.8, 4) is 0 Å². The highest BCUT2D eigenvalue weighted by molar-refractivity contribution is 5.93. The predicted octanol–water partition coefficient (Wildman–Crippen LogP) is 3.39. The van der Waals surface area contributed by atoms with Gasteiger partial charge in [-0.15, -0.1) is 0 Å². The molecule has 124 valence electrons. The van der Waals surface area contributed by atoms with Gasteiger partial charge in [0.2, 0.25) is 0 Å². The van der Waals surface area contributed by atoms with Crippen LogP contribution in [0.3, 0.4) is 0 Å². The minimum absolute atomic E-state index is 0.111. The highest BCUT2D eigenvalue weighted by Crippen LogP contribution is 2.54. The first-order valence-electron chi connectivity index (χ1n) is 9.08. The number of nitrogens with zero attached hydrogens (tertiary/aromatic N) is 2. The number of benzene rings is 1. The highest BCUT2D eigenvalue weighted by atomic mass is 16.1. The van der Waals surface area contributed by atoms with E-state index in [1.807, 2.05) is 0 Å². The van der Waals surface area contributed by atoms with Crippen LogP contribution in [0.1, 0.15) is 50.4 Å². The van der Waals surface area contributed by atoms with Crippen LogP contribution >= 0.6 is 0 Å². The highest BCUT2D eigenvalue weighted by Gasteiger charge is 2.63. The van der Waals surface area contributed by atoms with Crippen molar-refractivity contribution in [3.05, 3.63) is 35.4 Å². The molecule has 4 saturated heterocycles. The Balaban J connectivity index is 1.71. The van der Waals surface area contributed by atoms with E-state index in [4.69, 9.17) is 0 Å². The summed E-state index contributed by atoms with van der Waals surface area (Å²) in [7, 11) is 0. The fraction of sp³-hybridized carbons (Fsp3) is 0.650. The predicted molar refractivity (Wildman–Crippen MR) is 92.1 cm³/mol. The molecule has 0 amide bonds. The largest absolute Gasteiger partial charge is 0.298 e. The Morgan fingerprint density at radius 2 is 1.78 bits per heavy atom. The smallest absolute Gasteiger partial charge is 0.150 e. The molecule has 0 spiro atoms. The number of carbonyl (C=O) groups excluding carboxylic acids is 1. The first kappa shape index (κ1) is 15.3. The maximum Gasteiger partial charge on any atom is 0.150 e. The lowest BCUT2D eigenvalue weighted by Gasteiger charge is -2.65. The number of Topliss-reactive ketones (excluding diaryl/α,β-unsaturated/α-hetero) is 1. The van der Waals surface area contributed by atoms with Gasteiger partial charge in [-0.25, -0.2) is 0 Å². The molecule has 3 heteroatoms. The van der Waals surface area contributed by atoms with E-state index in [0.717, 1.165) is 32.6 Å². The standard InChI is InChI=1S/C20H28N2O/c1-4-5-10-20-13-21-11-19(3,18(20)23)12-22(14-20)17(21)16-9-7-6-8-15(16)2/h6-9,17H,4-5,10-14H2,1-3H3. The summed E-state index contributed by atoms with van der Waals surface area (Å²) in [5, 5.41) is 0. The van der Waals surface area contributed by atoms with Gasteiger partial charge >= 0.3 is 0 Å². The SMILES string of the molecule is CCCCC12CN3CC(C)(CN(C1)C3c1ccccc1C)C2=O. The Kier molecular flexibility index (Phi) is 3.44. The molecule has 0 aromatic heterocycles. The van der Waals surface area contributed by atoms with Gasteiger partial charge in [0.05, 0.1) is 17.0 Å². The minimum Gasteiger partial charge on any atom is -0.298 e. The Bertz CT molecular complexity index is 622. The number of ketones is 1. The zero-order valence-corrected chi connectivity index (χ0v) is 14.6. The van der Waals surface area contributed by atoms with Crippen LogP contribution in [-0.4, -0.2) is 41.8 Å². The van der Waals surface area contributed by atoms with Gasteiger partial charge in [0.25, 0.3) is 0 Å². The van der Waals surface area contributed by atoms with E-state index in [1.54, 1.807) is 0 Å². The summed E-state index contributed by atoms with van der Waals surface area (Å²) in [5.74, 6) is 0.550. The van der Waals surface area contributed by atoms with Crippen LogP contribution < -0.4 is 0 Å². The summed E-state index contributed by atoms with van der Waals surface area (Å²) in [6, 6.07) is 8.75. The lowest BCUT2D eigenvalue weighted by atomic mass is 9.59. The van der Waals surface area contributed by atoms with Crippen molar-refractivity contribution in [1.29, 1.82) is 0 Å². The third-order valence-electron chi connectivity index (χ3n) is 6.31. The average molecular weight is 312 g/mol. The molecule has 4 bridgehead atoms. The number of aryl methyl sites for hydroxylation is 1. The number of unbranched alkanes of at least 4 members (excludes halogenated alkanes) is 1. The van der Waals surface area contributed by atoms with Gasteiger partial charge in [-0.1, -0.05) is 51.0 Å². The molecule has 1 aromatic carbocycles. The molecule has 4 aliphatic heterocycles. The fourth-order valence-corrected chi connectivity index (χ4v) is 5.45. The summed E-state index contributed by atoms with van der Waals surface area (Å²) in [6.07, 6.45) is 3.77. The van der Waals surface area contributed by atoms with Gasteiger partial charge in [0.1, 0.15) is 5.78 Å². The van der Waals surface area contributed by atoms with E-state index >= 15 is 0 Å². The zero-order chi connectivity index (χ0) is 16.2. The van der Waals surface area contributed by atoms with Crippen molar-refractivity contribution >= 4 is 5.78 Å². The molecule has 2 atom stereocenters. The molecule has 23 heavy (non-hydrogen) atoms. The van der Waals surface area contributed by atoms with Crippen molar-refractivity contribution in [2.24, 2.45) is 10.8 Å². The van der Waals surface area contributed by atoms with Crippen LogP contribution in [-0.2, 0) is 4.79 Å². The van der Waals surface area contributed by atoms with Crippen molar-refractivity contribution < 1.29 is 4.79 Å². The quantitative estimate of drug-likeness (QED) is 0.851. The maximum atomic E-state index is 13.2. The lowest BCUT2D eigenvalue weighted by molar-refractivity contribution is -0.201. The van der Waals surface area contributed by atoms with Gasteiger partial charge in [0, 0.05) is 26.2 Å². The molecule has 5 rings (SSSR count). The number of rotatable bonds is 4. The summed E-state index contributed by atoms with van der Waals surface area (Å²) >= 11 is 0. The molecule has 4 aliphatic rings. The summed E-state index contributed by atoms with van der Waals surface area (Å²) < 4.78 is 0.